The summed E-state index contributed by atoms with van der Waals surface area (Å²) in [6.07, 6.45) is 1.01. The summed E-state index contributed by atoms with van der Waals surface area (Å²) in [5, 5.41) is 8.59. The zero-order valence-electron chi connectivity index (χ0n) is 9.34. The first kappa shape index (κ1) is 12.8. The number of methoxy groups -OCH3 is 1. The van der Waals surface area contributed by atoms with Crippen LogP contribution >= 0.6 is 0 Å². The first-order chi connectivity index (χ1) is 8.02. The van der Waals surface area contributed by atoms with Gasteiger partial charge in [0, 0.05) is 18.1 Å². The molecule has 1 aromatic carbocycles. The third-order valence-corrected chi connectivity index (χ3v) is 2.17. The van der Waals surface area contributed by atoms with Gasteiger partial charge in [0.25, 0.3) is 0 Å². The number of carboxylic acids is 1. The molecule has 0 aliphatic rings. The molecule has 1 amide bonds. The molecule has 3 N–H and O–H groups in total. The molecule has 0 aliphatic carbocycles. The Labute approximate surface area is 98.5 Å². The molecule has 0 atom stereocenters. The molecule has 17 heavy (non-hydrogen) atoms. The van der Waals surface area contributed by atoms with Crippen molar-refractivity contribution in [2.24, 2.45) is 5.73 Å². The quantitative estimate of drug-likeness (QED) is 0.736. The molecule has 0 saturated carbocycles. The number of hydrogen-bond acceptors (Lipinski definition) is 3. The maximum Gasteiger partial charge on any atom is 0.328 e. The van der Waals surface area contributed by atoms with Crippen molar-refractivity contribution in [1.82, 2.24) is 0 Å². The Morgan fingerprint density at radius 2 is 1.94 bits per heavy atom. The number of carboxylic acid groups (broad SMARTS) is 1. The molecule has 1 aromatic rings. The molecule has 1 rings (SSSR count). The van der Waals surface area contributed by atoms with Gasteiger partial charge in [-0.05, 0) is 17.7 Å². The fourth-order valence-corrected chi connectivity index (χ4v) is 1.32. The fraction of sp³-hybridized carbons (Fsp3) is 0.167. The van der Waals surface area contributed by atoms with E-state index in [1.165, 1.54) is 0 Å². The number of primary amides is 1. The minimum atomic E-state index is -1.19. The molecule has 5 nitrogen and oxygen atoms in total. The average Bonchev–Trinajstić information content (AvgIpc) is 2.28. The SMILES string of the molecule is COc1ccc(CC(=CC(=O)O)C(N)=O)cc1. The Kier molecular flexibility index (Phi) is 4.28. The van der Waals surface area contributed by atoms with Crippen LogP contribution in [0.4, 0.5) is 0 Å². The van der Waals surface area contributed by atoms with Crippen molar-refractivity contribution in [2.45, 2.75) is 6.42 Å². The fourth-order valence-electron chi connectivity index (χ4n) is 1.32. The molecule has 0 spiro atoms. The van der Waals surface area contributed by atoms with Gasteiger partial charge in [-0.2, -0.15) is 0 Å². The number of hydrogen-bond donors (Lipinski definition) is 2. The van der Waals surface area contributed by atoms with Gasteiger partial charge in [0.05, 0.1) is 7.11 Å². The lowest BCUT2D eigenvalue weighted by Crippen LogP contribution is -2.17. The number of carbonyl (C=O) groups is 2. The summed E-state index contributed by atoms with van der Waals surface area (Å²) < 4.78 is 4.99. The molecule has 0 saturated heterocycles. The van der Waals surface area contributed by atoms with Crippen LogP contribution in [0.25, 0.3) is 0 Å². The van der Waals surface area contributed by atoms with Gasteiger partial charge in [-0.3, -0.25) is 4.79 Å². The summed E-state index contributed by atoms with van der Waals surface area (Å²) in [7, 11) is 1.55. The van der Waals surface area contributed by atoms with E-state index in [-0.39, 0.29) is 12.0 Å². The highest BCUT2D eigenvalue weighted by Gasteiger charge is 2.08. The van der Waals surface area contributed by atoms with Crippen molar-refractivity contribution >= 4 is 11.9 Å². The van der Waals surface area contributed by atoms with Crippen LogP contribution < -0.4 is 10.5 Å². The number of aliphatic carboxylic acids is 1. The lowest BCUT2D eigenvalue weighted by Gasteiger charge is -2.04. The maximum absolute atomic E-state index is 11.0. The molecular formula is C12H13NO4. The van der Waals surface area contributed by atoms with Crippen LogP contribution in [0.1, 0.15) is 5.56 Å². The third kappa shape index (κ3) is 3.98. The van der Waals surface area contributed by atoms with E-state index in [4.69, 9.17) is 15.6 Å². The minimum absolute atomic E-state index is 0.0580. The number of benzene rings is 1. The lowest BCUT2D eigenvalue weighted by atomic mass is 10.0. The van der Waals surface area contributed by atoms with Crippen LogP contribution in [0.15, 0.2) is 35.9 Å². The topological polar surface area (TPSA) is 89.6 Å². The summed E-state index contributed by atoms with van der Waals surface area (Å²) in [6, 6.07) is 6.96. The van der Waals surface area contributed by atoms with Crippen molar-refractivity contribution in [2.75, 3.05) is 7.11 Å². The van der Waals surface area contributed by atoms with E-state index in [9.17, 15) is 9.59 Å². The second kappa shape index (κ2) is 5.69. The van der Waals surface area contributed by atoms with E-state index >= 15 is 0 Å². The predicted octanol–water partition coefficient (Wildman–Crippen LogP) is 0.734. The normalized spacial score (nSPS) is 11.0. The van der Waals surface area contributed by atoms with Crippen molar-refractivity contribution in [3.8, 4) is 5.75 Å². The number of amides is 1. The number of rotatable bonds is 5. The molecule has 0 unspecified atom stereocenters. The highest BCUT2D eigenvalue weighted by molar-refractivity contribution is 5.98. The van der Waals surface area contributed by atoms with Crippen LogP contribution in [0, 0.1) is 0 Å². The van der Waals surface area contributed by atoms with Gasteiger partial charge in [0.15, 0.2) is 0 Å². The zero-order valence-corrected chi connectivity index (χ0v) is 9.34. The summed E-state index contributed by atoms with van der Waals surface area (Å²) in [6.45, 7) is 0. The van der Waals surface area contributed by atoms with Crippen LogP contribution in [0.2, 0.25) is 0 Å². The summed E-state index contributed by atoms with van der Waals surface area (Å²) >= 11 is 0. The molecule has 0 heterocycles. The summed E-state index contributed by atoms with van der Waals surface area (Å²) in [4.78, 5) is 21.5. The van der Waals surface area contributed by atoms with Crippen LogP contribution in [-0.2, 0) is 16.0 Å². The maximum atomic E-state index is 11.0. The van der Waals surface area contributed by atoms with E-state index in [0.29, 0.717) is 5.75 Å². The summed E-state index contributed by atoms with van der Waals surface area (Å²) in [5.41, 5.74) is 5.94. The first-order valence-electron chi connectivity index (χ1n) is 4.89. The van der Waals surface area contributed by atoms with Gasteiger partial charge < -0.3 is 15.6 Å². The third-order valence-electron chi connectivity index (χ3n) is 2.17. The van der Waals surface area contributed by atoms with Gasteiger partial charge in [0.2, 0.25) is 5.91 Å². The first-order valence-corrected chi connectivity index (χ1v) is 4.89. The number of nitrogens with two attached hydrogens (primary N) is 1. The highest BCUT2D eigenvalue weighted by atomic mass is 16.5. The second-order valence-corrected chi connectivity index (χ2v) is 3.40. The number of ether oxygens (including phenoxy) is 1. The van der Waals surface area contributed by atoms with Crippen molar-refractivity contribution in [1.29, 1.82) is 0 Å². The van der Waals surface area contributed by atoms with Crippen LogP contribution in [-0.4, -0.2) is 24.1 Å². The Morgan fingerprint density at radius 1 is 1.35 bits per heavy atom. The van der Waals surface area contributed by atoms with Crippen LogP contribution in [0.3, 0.4) is 0 Å². The van der Waals surface area contributed by atoms with Gasteiger partial charge in [-0.25, -0.2) is 4.79 Å². The zero-order chi connectivity index (χ0) is 12.8. The highest BCUT2D eigenvalue weighted by Crippen LogP contribution is 2.14. The van der Waals surface area contributed by atoms with E-state index in [0.717, 1.165) is 11.6 Å². The van der Waals surface area contributed by atoms with Crippen molar-refractivity contribution in [3.63, 3.8) is 0 Å². The van der Waals surface area contributed by atoms with E-state index in [1.807, 2.05) is 0 Å². The van der Waals surface area contributed by atoms with E-state index in [1.54, 1.807) is 31.4 Å². The van der Waals surface area contributed by atoms with Gasteiger partial charge in [-0.15, -0.1) is 0 Å². The van der Waals surface area contributed by atoms with Gasteiger partial charge in [-0.1, -0.05) is 12.1 Å². The second-order valence-electron chi connectivity index (χ2n) is 3.40. The number of carbonyl (C=O) groups excluding carboxylic acids is 1. The Bertz CT molecular complexity index is 448. The minimum Gasteiger partial charge on any atom is -0.497 e. The molecule has 90 valence electrons. The van der Waals surface area contributed by atoms with E-state index < -0.39 is 11.9 Å². The Morgan fingerprint density at radius 3 is 2.35 bits per heavy atom. The van der Waals surface area contributed by atoms with Crippen molar-refractivity contribution in [3.05, 3.63) is 41.5 Å². The van der Waals surface area contributed by atoms with Gasteiger partial charge in [0.1, 0.15) is 5.75 Å². The standard InChI is InChI=1S/C12H13NO4/c1-17-10-4-2-8(3-5-10)6-9(12(13)16)7-11(14)15/h2-5,7H,6H2,1H3,(H2,13,16)(H,14,15). The molecular weight excluding hydrogens is 222 g/mol. The molecule has 0 fully saturated rings. The predicted molar refractivity (Wildman–Crippen MR) is 61.6 cm³/mol. The van der Waals surface area contributed by atoms with E-state index in [2.05, 4.69) is 0 Å². The molecule has 0 aliphatic heterocycles. The summed E-state index contributed by atoms with van der Waals surface area (Å²) in [5.74, 6) is -1.23. The monoisotopic (exact) mass is 235 g/mol. The molecule has 0 radical (unpaired) electrons. The van der Waals surface area contributed by atoms with Gasteiger partial charge >= 0.3 is 5.97 Å². The lowest BCUT2D eigenvalue weighted by molar-refractivity contribution is -0.131. The molecule has 0 aromatic heterocycles. The molecule has 0 bridgehead atoms. The molecule has 5 heteroatoms. The van der Waals surface area contributed by atoms with Crippen molar-refractivity contribution < 1.29 is 19.4 Å². The Balaban J connectivity index is 2.86. The smallest absolute Gasteiger partial charge is 0.328 e. The van der Waals surface area contributed by atoms with Crippen LogP contribution in [0.5, 0.6) is 5.75 Å². The average molecular weight is 235 g/mol. The Hall–Kier alpha value is -2.30. The largest absolute Gasteiger partial charge is 0.497 e.